The standard InChI is InChI=1S/C22H23N3O4/c1-15(26)24-19(12-16-8-4-3-5-9-16)21(27)25-20(22(28)29-2)13-17-10-6-7-11-18(17)14-23/h3-11,19-20H,12-13H2,1-2H3,(H,24,26)(H,25,27)/t19-,20+/m1/s1. The lowest BCUT2D eigenvalue weighted by molar-refractivity contribution is -0.145. The molecule has 0 bridgehead atoms. The molecular formula is C22H23N3O4. The predicted molar refractivity (Wildman–Crippen MR) is 107 cm³/mol. The van der Waals surface area contributed by atoms with Crippen molar-refractivity contribution in [2.45, 2.75) is 31.8 Å². The summed E-state index contributed by atoms with van der Waals surface area (Å²) in [4.78, 5) is 36.7. The Morgan fingerprint density at radius 3 is 2.24 bits per heavy atom. The van der Waals surface area contributed by atoms with E-state index < -0.39 is 24.0 Å². The molecule has 0 aliphatic carbocycles. The second kappa shape index (κ2) is 10.6. The van der Waals surface area contributed by atoms with E-state index in [1.807, 2.05) is 30.3 Å². The Bertz CT molecular complexity index is 906. The van der Waals surface area contributed by atoms with Crippen molar-refractivity contribution in [3.63, 3.8) is 0 Å². The molecule has 0 aromatic heterocycles. The van der Waals surface area contributed by atoms with Crippen molar-refractivity contribution in [2.24, 2.45) is 0 Å². The van der Waals surface area contributed by atoms with Gasteiger partial charge in [-0.2, -0.15) is 5.26 Å². The molecule has 2 atom stereocenters. The zero-order chi connectivity index (χ0) is 21.2. The summed E-state index contributed by atoms with van der Waals surface area (Å²) >= 11 is 0. The van der Waals surface area contributed by atoms with Gasteiger partial charge in [0, 0.05) is 19.8 Å². The molecule has 0 radical (unpaired) electrons. The Hall–Kier alpha value is -3.66. The van der Waals surface area contributed by atoms with E-state index in [-0.39, 0.29) is 18.7 Å². The van der Waals surface area contributed by atoms with Crippen molar-refractivity contribution in [3.8, 4) is 6.07 Å². The molecule has 2 aromatic rings. The van der Waals surface area contributed by atoms with Crippen molar-refractivity contribution in [3.05, 3.63) is 71.3 Å². The average molecular weight is 393 g/mol. The van der Waals surface area contributed by atoms with E-state index in [1.54, 1.807) is 24.3 Å². The number of nitriles is 1. The highest BCUT2D eigenvalue weighted by Crippen LogP contribution is 2.12. The van der Waals surface area contributed by atoms with Crippen LogP contribution in [0.1, 0.15) is 23.6 Å². The van der Waals surface area contributed by atoms with Crippen LogP contribution in [0, 0.1) is 11.3 Å². The molecule has 29 heavy (non-hydrogen) atoms. The number of carbonyl (C=O) groups excluding carboxylic acids is 3. The Morgan fingerprint density at radius 2 is 1.62 bits per heavy atom. The minimum atomic E-state index is -0.992. The number of hydrogen-bond donors (Lipinski definition) is 2. The molecule has 0 saturated heterocycles. The number of nitrogens with one attached hydrogen (secondary N) is 2. The van der Waals surface area contributed by atoms with E-state index in [2.05, 4.69) is 16.7 Å². The second-order valence-corrected chi connectivity index (χ2v) is 6.50. The van der Waals surface area contributed by atoms with E-state index in [9.17, 15) is 19.6 Å². The molecule has 7 heteroatoms. The van der Waals surface area contributed by atoms with Gasteiger partial charge in [0.1, 0.15) is 12.1 Å². The predicted octanol–water partition coefficient (Wildman–Crippen LogP) is 1.51. The van der Waals surface area contributed by atoms with Crippen LogP contribution in [0.25, 0.3) is 0 Å². The molecule has 0 heterocycles. The van der Waals surface area contributed by atoms with Gasteiger partial charge in [0.25, 0.3) is 0 Å². The first-order chi connectivity index (χ1) is 13.9. The fraction of sp³-hybridized carbons (Fsp3) is 0.273. The van der Waals surface area contributed by atoms with E-state index in [0.29, 0.717) is 11.1 Å². The maximum atomic E-state index is 12.9. The lowest BCUT2D eigenvalue weighted by atomic mass is 10.00. The van der Waals surface area contributed by atoms with Crippen LogP contribution in [0.5, 0.6) is 0 Å². The van der Waals surface area contributed by atoms with Crippen molar-refractivity contribution in [2.75, 3.05) is 7.11 Å². The van der Waals surface area contributed by atoms with Gasteiger partial charge in [0.2, 0.25) is 11.8 Å². The van der Waals surface area contributed by atoms with Crippen LogP contribution in [0.3, 0.4) is 0 Å². The highest BCUT2D eigenvalue weighted by Gasteiger charge is 2.27. The van der Waals surface area contributed by atoms with Crippen LogP contribution in [-0.2, 0) is 32.0 Å². The number of nitrogens with zero attached hydrogens (tertiary/aromatic N) is 1. The van der Waals surface area contributed by atoms with Crippen molar-refractivity contribution in [1.29, 1.82) is 5.26 Å². The zero-order valence-electron chi connectivity index (χ0n) is 16.3. The van der Waals surface area contributed by atoms with Gasteiger partial charge in [-0.3, -0.25) is 9.59 Å². The number of hydrogen-bond acceptors (Lipinski definition) is 5. The minimum absolute atomic E-state index is 0.0975. The lowest BCUT2D eigenvalue weighted by Crippen LogP contribution is -2.53. The highest BCUT2D eigenvalue weighted by atomic mass is 16.5. The highest BCUT2D eigenvalue weighted by molar-refractivity contribution is 5.90. The summed E-state index contributed by atoms with van der Waals surface area (Å²) in [6.45, 7) is 1.33. The third kappa shape index (κ3) is 6.47. The molecule has 2 rings (SSSR count). The number of ether oxygens (including phenoxy) is 1. The summed E-state index contributed by atoms with van der Waals surface area (Å²) in [5.74, 6) is -1.49. The Labute approximate surface area is 169 Å². The second-order valence-electron chi connectivity index (χ2n) is 6.50. The topological polar surface area (TPSA) is 108 Å². The maximum absolute atomic E-state index is 12.9. The van der Waals surface area contributed by atoms with Gasteiger partial charge >= 0.3 is 5.97 Å². The van der Waals surface area contributed by atoms with Crippen LogP contribution >= 0.6 is 0 Å². The molecule has 2 aromatic carbocycles. The molecule has 2 N–H and O–H groups in total. The molecule has 2 amide bonds. The van der Waals surface area contributed by atoms with Crippen LogP contribution in [-0.4, -0.2) is 37.0 Å². The third-order valence-electron chi connectivity index (χ3n) is 4.34. The fourth-order valence-electron chi connectivity index (χ4n) is 2.94. The normalized spacial score (nSPS) is 12.2. The minimum Gasteiger partial charge on any atom is -0.467 e. The van der Waals surface area contributed by atoms with Crippen LogP contribution < -0.4 is 10.6 Å². The summed E-state index contributed by atoms with van der Waals surface area (Å²) in [7, 11) is 1.23. The summed E-state index contributed by atoms with van der Waals surface area (Å²) < 4.78 is 4.81. The Kier molecular flexibility index (Phi) is 7.92. The van der Waals surface area contributed by atoms with E-state index in [0.717, 1.165) is 5.56 Å². The van der Waals surface area contributed by atoms with Gasteiger partial charge in [-0.25, -0.2) is 4.79 Å². The first-order valence-electron chi connectivity index (χ1n) is 9.11. The fourth-order valence-corrected chi connectivity index (χ4v) is 2.94. The smallest absolute Gasteiger partial charge is 0.328 e. The van der Waals surface area contributed by atoms with Crippen LogP contribution in [0.2, 0.25) is 0 Å². The summed E-state index contributed by atoms with van der Waals surface area (Å²) in [5, 5.41) is 14.5. The number of methoxy groups -OCH3 is 1. The maximum Gasteiger partial charge on any atom is 0.328 e. The Morgan fingerprint density at radius 1 is 0.966 bits per heavy atom. The van der Waals surface area contributed by atoms with Gasteiger partial charge in [-0.05, 0) is 17.2 Å². The van der Waals surface area contributed by atoms with Gasteiger partial charge in [0.05, 0.1) is 18.7 Å². The van der Waals surface area contributed by atoms with Crippen molar-refractivity contribution in [1.82, 2.24) is 10.6 Å². The number of benzene rings is 2. The van der Waals surface area contributed by atoms with Gasteiger partial charge in [-0.1, -0.05) is 48.5 Å². The van der Waals surface area contributed by atoms with E-state index in [4.69, 9.17) is 4.74 Å². The number of rotatable bonds is 8. The average Bonchev–Trinajstić information content (AvgIpc) is 2.73. The quantitative estimate of drug-likeness (QED) is 0.661. The molecule has 0 aliphatic heterocycles. The van der Waals surface area contributed by atoms with Crippen LogP contribution in [0.4, 0.5) is 0 Å². The van der Waals surface area contributed by atoms with Gasteiger partial charge in [0.15, 0.2) is 0 Å². The monoisotopic (exact) mass is 393 g/mol. The van der Waals surface area contributed by atoms with Crippen molar-refractivity contribution >= 4 is 17.8 Å². The molecule has 0 spiro atoms. The molecule has 0 saturated carbocycles. The zero-order valence-corrected chi connectivity index (χ0v) is 16.3. The Balaban J connectivity index is 2.20. The molecule has 150 valence electrons. The van der Waals surface area contributed by atoms with Crippen molar-refractivity contribution < 1.29 is 19.1 Å². The number of carbonyl (C=O) groups is 3. The first kappa shape index (κ1) is 21.6. The SMILES string of the molecule is COC(=O)[C@H](Cc1ccccc1C#N)NC(=O)[C@@H](Cc1ccccc1)NC(C)=O. The first-order valence-corrected chi connectivity index (χ1v) is 9.11. The van der Waals surface area contributed by atoms with Gasteiger partial charge in [-0.15, -0.1) is 0 Å². The summed E-state index contributed by atoms with van der Waals surface area (Å²) in [5.41, 5.74) is 1.90. The molecule has 0 unspecified atom stereocenters. The molecule has 7 nitrogen and oxygen atoms in total. The van der Waals surface area contributed by atoms with Crippen LogP contribution in [0.15, 0.2) is 54.6 Å². The summed E-state index contributed by atoms with van der Waals surface area (Å²) in [6.07, 6.45) is 0.370. The molecule has 0 aliphatic rings. The largest absolute Gasteiger partial charge is 0.467 e. The summed E-state index contributed by atoms with van der Waals surface area (Å²) in [6, 6.07) is 16.3. The third-order valence-corrected chi connectivity index (χ3v) is 4.34. The van der Waals surface area contributed by atoms with E-state index in [1.165, 1.54) is 14.0 Å². The molecule has 0 fully saturated rings. The lowest BCUT2D eigenvalue weighted by Gasteiger charge is -2.22. The van der Waals surface area contributed by atoms with Gasteiger partial charge < -0.3 is 15.4 Å². The molecular weight excluding hydrogens is 370 g/mol. The number of amides is 2. The number of esters is 1. The van der Waals surface area contributed by atoms with E-state index >= 15 is 0 Å².